The molecule has 1 N–H and O–H groups in total. The van der Waals surface area contributed by atoms with Crippen LogP contribution in [0.3, 0.4) is 0 Å². The summed E-state index contributed by atoms with van der Waals surface area (Å²) in [5.41, 5.74) is 1.73. The van der Waals surface area contributed by atoms with Gasteiger partial charge in [0.15, 0.2) is 0 Å². The van der Waals surface area contributed by atoms with Gasteiger partial charge in [0.25, 0.3) is 5.91 Å². The van der Waals surface area contributed by atoms with E-state index in [-0.39, 0.29) is 5.57 Å². The molecule has 1 saturated heterocycles. The lowest BCUT2D eigenvalue weighted by molar-refractivity contribution is -0.858. The molecule has 0 spiro atoms. The molecule has 1 aliphatic heterocycles. The summed E-state index contributed by atoms with van der Waals surface area (Å²) < 4.78 is 11.3. The first-order valence-corrected chi connectivity index (χ1v) is 12.3. The molecule has 1 amide bonds. The Morgan fingerprint density at radius 3 is 2.38 bits per heavy atom. The van der Waals surface area contributed by atoms with Crippen LogP contribution in [0, 0.1) is 6.92 Å². The lowest BCUT2D eigenvalue weighted by atomic mass is 9.94. The van der Waals surface area contributed by atoms with Crippen molar-refractivity contribution in [3.63, 3.8) is 0 Å². The fourth-order valence-corrected chi connectivity index (χ4v) is 4.60. The maximum atomic E-state index is 13.7. The van der Waals surface area contributed by atoms with Gasteiger partial charge < -0.3 is 24.4 Å². The summed E-state index contributed by atoms with van der Waals surface area (Å²) in [6, 6.07) is 20.8. The summed E-state index contributed by atoms with van der Waals surface area (Å²) in [6.45, 7) is 3.02. The maximum Gasteiger partial charge on any atom is 0.295 e. The van der Waals surface area contributed by atoms with Crippen molar-refractivity contribution >= 4 is 17.4 Å². The topological polar surface area (TPSA) is 83.3 Å². The number of carbonyl (C=O) groups is 2. The molecule has 0 bridgehead atoms. The maximum absolute atomic E-state index is 13.7. The molecule has 1 unspecified atom stereocenters. The fraction of sp³-hybridized carbons (Fsp3) is 0.267. The highest BCUT2D eigenvalue weighted by Gasteiger charge is 2.44. The molecule has 1 fully saturated rings. The Labute approximate surface area is 217 Å². The molecule has 0 aromatic heterocycles. The Bertz CT molecular complexity index is 1320. The second-order valence-corrected chi connectivity index (χ2v) is 9.46. The number of hydrogen-bond acceptors (Lipinski definition) is 5. The molecule has 37 heavy (non-hydrogen) atoms. The molecule has 1 aliphatic rings. The smallest absolute Gasteiger partial charge is 0.295 e. The highest BCUT2D eigenvalue weighted by Crippen LogP contribution is 2.40. The Morgan fingerprint density at radius 2 is 1.70 bits per heavy atom. The van der Waals surface area contributed by atoms with Crippen LogP contribution in [0.15, 0.2) is 78.4 Å². The van der Waals surface area contributed by atoms with Crippen LogP contribution >= 0.6 is 0 Å². The van der Waals surface area contributed by atoms with Crippen LogP contribution in [0.25, 0.3) is 5.76 Å². The molecule has 0 radical (unpaired) electrons. The number of benzene rings is 3. The van der Waals surface area contributed by atoms with Gasteiger partial charge in [0, 0.05) is 18.5 Å². The predicted octanol–water partition coefficient (Wildman–Crippen LogP) is 2.55. The van der Waals surface area contributed by atoms with Gasteiger partial charge in [0.05, 0.1) is 33.8 Å². The van der Waals surface area contributed by atoms with Crippen LogP contribution in [-0.4, -0.2) is 50.9 Å². The van der Waals surface area contributed by atoms with Gasteiger partial charge in [-0.05, 0) is 60.0 Å². The second-order valence-electron chi connectivity index (χ2n) is 9.46. The number of para-hydroxylation sites is 1. The van der Waals surface area contributed by atoms with E-state index in [1.54, 1.807) is 31.4 Å². The average molecular weight is 501 g/mol. The number of methoxy groups -OCH3 is 1. The first kappa shape index (κ1) is 26.0. The molecule has 0 saturated carbocycles. The standard InChI is InChI=1S/C30H32N2O5/c1-20-18-22(14-15-25(20)36-4)28(33)26-27(32(30(35)29(26)34)17-9-16-31(2)3)21-10-8-13-24(19-21)37-23-11-6-5-7-12-23/h5-8,10-15,18-19,27,33H,9,16-17H2,1-4H3. The normalized spacial score (nSPS) is 16.9. The van der Waals surface area contributed by atoms with Gasteiger partial charge in [-0.15, -0.1) is 0 Å². The van der Waals surface area contributed by atoms with Crippen LogP contribution in [0.1, 0.15) is 29.2 Å². The van der Waals surface area contributed by atoms with Gasteiger partial charge in [-0.3, -0.25) is 9.59 Å². The fourth-order valence-electron chi connectivity index (χ4n) is 4.60. The molecule has 3 aromatic rings. The van der Waals surface area contributed by atoms with Gasteiger partial charge in [-0.2, -0.15) is 0 Å². The van der Waals surface area contributed by atoms with Crippen LogP contribution in [0.5, 0.6) is 17.2 Å². The van der Waals surface area contributed by atoms with Crippen molar-refractivity contribution in [2.75, 3.05) is 34.3 Å². The second kappa shape index (κ2) is 11.3. The Balaban J connectivity index is 1.79. The minimum Gasteiger partial charge on any atom is -0.872 e. The van der Waals surface area contributed by atoms with Crippen molar-refractivity contribution in [1.82, 2.24) is 4.90 Å². The third-order valence-electron chi connectivity index (χ3n) is 6.42. The SMILES string of the molecule is COc1ccc(C([O-])=C2C(=O)C(=O)N(CCC[NH+](C)C)C2c2cccc(Oc3ccccc3)c2)cc1C. The molecular formula is C30H32N2O5. The lowest BCUT2D eigenvalue weighted by Crippen LogP contribution is -3.05. The van der Waals surface area contributed by atoms with Gasteiger partial charge in [-0.25, -0.2) is 0 Å². The number of hydrogen-bond donors (Lipinski definition) is 1. The number of rotatable bonds is 9. The van der Waals surface area contributed by atoms with E-state index in [2.05, 4.69) is 0 Å². The average Bonchev–Trinajstić information content (AvgIpc) is 3.14. The number of nitrogens with zero attached hydrogens (tertiary/aromatic N) is 1. The van der Waals surface area contributed by atoms with E-state index in [0.717, 1.165) is 12.1 Å². The van der Waals surface area contributed by atoms with Gasteiger partial charge in [0.2, 0.25) is 5.78 Å². The van der Waals surface area contributed by atoms with Gasteiger partial charge in [0.1, 0.15) is 17.2 Å². The lowest BCUT2D eigenvalue weighted by Gasteiger charge is -2.28. The molecule has 1 atom stereocenters. The number of nitrogens with one attached hydrogen (secondary N) is 1. The van der Waals surface area contributed by atoms with Crippen LogP contribution in [-0.2, 0) is 9.59 Å². The first-order chi connectivity index (χ1) is 17.8. The number of Topliss-reactive ketones (excluding diaryl/α,β-unsaturated/α-hetero) is 1. The highest BCUT2D eigenvalue weighted by atomic mass is 16.5. The van der Waals surface area contributed by atoms with Crippen LogP contribution in [0.4, 0.5) is 0 Å². The zero-order valence-electron chi connectivity index (χ0n) is 21.6. The number of aryl methyl sites for hydroxylation is 1. The van der Waals surface area contributed by atoms with E-state index in [9.17, 15) is 14.7 Å². The third kappa shape index (κ3) is 5.67. The summed E-state index contributed by atoms with van der Waals surface area (Å²) in [4.78, 5) is 29.2. The van der Waals surface area contributed by atoms with Crippen molar-refractivity contribution in [2.45, 2.75) is 19.4 Å². The van der Waals surface area contributed by atoms with Crippen molar-refractivity contribution in [1.29, 1.82) is 0 Å². The van der Waals surface area contributed by atoms with Crippen molar-refractivity contribution in [3.05, 3.63) is 95.1 Å². The molecule has 1 heterocycles. The van der Waals surface area contributed by atoms with E-state index in [4.69, 9.17) is 9.47 Å². The first-order valence-electron chi connectivity index (χ1n) is 12.3. The number of likely N-dealkylation sites (tertiary alicyclic amines) is 1. The molecule has 7 nitrogen and oxygen atoms in total. The molecule has 4 rings (SSSR count). The molecule has 192 valence electrons. The van der Waals surface area contributed by atoms with Crippen LogP contribution < -0.4 is 19.5 Å². The number of amides is 1. The van der Waals surface area contributed by atoms with E-state index >= 15 is 0 Å². The monoisotopic (exact) mass is 500 g/mol. The summed E-state index contributed by atoms with van der Waals surface area (Å²) in [7, 11) is 5.63. The summed E-state index contributed by atoms with van der Waals surface area (Å²) in [5.74, 6) is 0.00444. The van der Waals surface area contributed by atoms with Crippen molar-refractivity contribution in [2.24, 2.45) is 0 Å². The zero-order valence-corrected chi connectivity index (χ0v) is 21.6. The number of ketones is 1. The summed E-state index contributed by atoms with van der Waals surface area (Å²) in [5, 5.41) is 13.7. The molecule has 3 aromatic carbocycles. The van der Waals surface area contributed by atoms with Crippen molar-refractivity contribution < 1.29 is 29.1 Å². The number of quaternary nitrogens is 1. The highest BCUT2D eigenvalue weighted by molar-refractivity contribution is 6.46. The number of ether oxygens (including phenoxy) is 2. The van der Waals surface area contributed by atoms with E-state index in [1.165, 1.54) is 9.80 Å². The van der Waals surface area contributed by atoms with Crippen molar-refractivity contribution in [3.8, 4) is 17.2 Å². The largest absolute Gasteiger partial charge is 0.872 e. The molecular weight excluding hydrogens is 468 g/mol. The quantitative estimate of drug-likeness (QED) is 0.277. The Hall–Kier alpha value is -4.10. The summed E-state index contributed by atoms with van der Waals surface area (Å²) >= 11 is 0. The minimum atomic E-state index is -0.800. The Morgan fingerprint density at radius 1 is 0.973 bits per heavy atom. The van der Waals surface area contributed by atoms with E-state index < -0.39 is 23.5 Å². The predicted molar refractivity (Wildman–Crippen MR) is 139 cm³/mol. The van der Waals surface area contributed by atoms with E-state index in [0.29, 0.717) is 41.3 Å². The van der Waals surface area contributed by atoms with Gasteiger partial charge in [-0.1, -0.05) is 42.2 Å². The number of carbonyl (C=O) groups excluding carboxylic acids is 2. The third-order valence-corrected chi connectivity index (χ3v) is 6.42. The molecule has 0 aliphatic carbocycles. The minimum absolute atomic E-state index is 0.0383. The summed E-state index contributed by atoms with van der Waals surface area (Å²) in [6.07, 6.45) is 0.696. The van der Waals surface area contributed by atoms with Crippen LogP contribution in [0.2, 0.25) is 0 Å². The van der Waals surface area contributed by atoms with Gasteiger partial charge >= 0.3 is 0 Å². The molecule has 7 heteroatoms. The Kier molecular flexibility index (Phi) is 7.94. The van der Waals surface area contributed by atoms with E-state index in [1.807, 2.05) is 69.6 Å². The zero-order chi connectivity index (χ0) is 26.5.